The maximum atomic E-state index is 11.8. The second-order valence-corrected chi connectivity index (χ2v) is 7.87. The molecule has 0 aliphatic carbocycles. The molecule has 0 rings (SSSR count). The molecule has 0 spiro atoms. The van der Waals surface area contributed by atoms with Crippen LogP contribution in [0.1, 0.15) is 61.3 Å². The SMILES string of the molecule is CC(C)CC(C)C(C(=O)O)C(C(=O)O)C(C)(C)CC(C)C. The van der Waals surface area contributed by atoms with Crippen LogP contribution in [0.15, 0.2) is 0 Å². The maximum absolute atomic E-state index is 11.8. The van der Waals surface area contributed by atoms with Crippen LogP contribution in [-0.4, -0.2) is 22.2 Å². The molecule has 4 nitrogen and oxygen atoms in total. The molecule has 0 aromatic heterocycles. The molecule has 0 saturated carbocycles. The van der Waals surface area contributed by atoms with Gasteiger partial charge < -0.3 is 10.2 Å². The lowest BCUT2D eigenvalue weighted by Crippen LogP contribution is -2.44. The van der Waals surface area contributed by atoms with E-state index in [0.29, 0.717) is 18.3 Å². The Morgan fingerprint density at radius 1 is 0.905 bits per heavy atom. The van der Waals surface area contributed by atoms with Crippen LogP contribution in [0.2, 0.25) is 0 Å². The lowest BCUT2D eigenvalue weighted by Gasteiger charge is -2.39. The Balaban J connectivity index is 5.55. The van der Waals surface area contributed by atoms with Crippen molar-refractivity contribution in [3.63, 3.8) is 0 Å². The van der Waals surface area contributed by atoms with Gasteiger partial charge in [0.05, 0.1) is 11.8 Å². The number of carbonyl (C=O) groups is 2. The van der Waals surface area contributed by atoms with E-state index in [-0.39, 0.29) is 5.92 Å². The Hall–Kier alpha value is -1.06. The zero-order valence-corrected chi connectivity index (χ0v) is 14.5. The minimum atomic E-state index is -0.997. The number of hydrogen-bond donors (Lipinski definition) is 2. The van der Waals surface area contributed by atoms with Crippen molar-refractivity contribution in [3.05, 3.63) is 0 Å². The first-order valence-corrected chi connectivity index (χ1v) is 7.85. The molecule has 4 heteroatoms. The van der Waals surface area contributed by atoms with Crippen molar-refractivity contribution in [3.8, 4) is 0 Å². The van der Waals surface area contributed by atoms with Crippen molar-refractivity contribution in [1.82, 2.24) is 0 Å². The Bertz CT molecular complexity index is 358. The summed E-state index contributed by atoms with van der Waals surface area (Å²) in [4.78, 5) is 23.5. The largest absolute Gasteiger partial charge is 0.481 e. The Kier molecular flexibility index (Phi) is 7.41. The predicted octanol–water partition coefficient (Wildman–Crippen LogP) is 4.14. The number of carboxylic acid groups (broad SMARTS) is 2. The van der Waals surface area contributed by atoms with Crippen LogP contribution in [0.4, 0.5) is 0 Å². The van der Waals surface area contributed by atoms with Crippen LogP contribution < -0.4 is 0 Å². The second kappa shape index (κ2) is 7.81. The van der Waals surface area contributed by atoms with Crippen molar-refractivity contribution < 1.29 is 19.8 Å². The van der Waals surface area contributed by atoms with E-state index in [1.54, 1.807) is 0 Å². The summed E-state index contributed by atoms with van der Waals surface area (Å²) in [6.45, 7) is 13.8. The van der Waals surface area contributed by atoms with Gasteiger partial charge in [0.1, 0.15) is 0 Å². The fraction of sp³-hybridized carbons (Fsp3) is 0.882. The highest BCUT2D eigenvalue weighted by atomic mass is 16.4. The van der Waals surface area contributed by atoms with E-state index >= 15 is 0 Å². The molecule has 0 fully saturated rings. The number of hydrogen-bond acceptors (Lipinski definition) is 2. The average Bonchev–Trinajstić information content (AvgIpc) is 2.20. The second-order valence-electron chi connectivity index (χ2n) is 7.87. The van der Waals surface area contributed by atoms with E-state index in [0.717, 1.165) is 6.42 Å². The molecule has 21 heavy (non-hydrogen) atoms. The predicted molar refractivity (Wildman–Crippen MR) is 84.1 cm³/mol. The molecule has 0 aromatic carbocycles. The normalized spacial score (nSPS) is 16.8. The first kappa shape index (κ1) is 19.9. The number of carboxylic acids is 2. The van der Waals surface area contributed by atoms with Gasteiger partial charge in [-0.2, -0.15) is 0 Å². The zero-order valence-electron chi connectivity index (χ0n) is 14.5. The number of rotatable bonds is 9. The standard InChI is InChI=1S/C17H32O4/c1-10(2)8-12(5)13(15(18)19)14(16(20)21)17(6,7)9-11(3)4/h10-14H,8-9H2,1-7H3,(H,18,19)(H,20,21). The van der Waals surface area contributed by atoms with Gasteiger partial charge in [-0.1, -0.05) is 48.5 Å². The lowest BCUT2D eigenvalue weighted by atomic mass is 9.64. The maximum Gasteiger partial charge on any atom is 0.307 e. The highest BCUT2D eigenvalue weighted by molar-refractivity contribution is 5.80. The monoisotopic (exact) mass is 300 g/mol. The van der Waals surface area contributed by atoms with Crippen LogP contribution in [0.3, 0.4) is 0 Å². The summed E-state index contributed by atoms with van der Waals surface area (Å²) in [5, 5.41) is 19.3. The third-order valence-corrected chi connectivity index (χ3v) is 4.14. The molecule has 0 bridgehead atoms. The third kappa shape index (κ3) is 6.06. The van der Waals surface area contributed by atoms with Crippen LogP contribution in [0.5, 0.6) is 0 Å². The van der Waals surface area contributed by atoms with Gasteiger partial charge in [0.2, 0.25) is 0 Å². The summed E-state index contributed by atoms with van der Waals surface area (Å²) < 4.78 is 0. The molecule has 2 N–H and O–H groups in total. The molecule has 0 aromatic rings. The van der Waals surface area contributed by atoms with Crippen molar-refractivity contribution in [2.45, 2.75) is 61.3 Å². The van der Waals surface area contributed by atoms with Gasteiger partial charge in [-0.05, 0) is 36.0 Å². The van der Waals surface area contributed by atoms with Crippen molar-refractivity contribution in [1.29, 1.82) is 0 Å². The molecule has 0 heterocycles. The molecule has 0 aliphatic heterocycles. The minimum Gasteiger partial charge on any atom is -0.481 e. The zero-order chi connectivity index (χ0) is 17.0. The van der Waals surface area contributed by atoms with Gasteiger partial charge in [0.15, 0.2) is 0 Å². The molecule has 0 amide bonds. The molecular formula is C17H32O4. The topological polar surface area (TPSA) is 74.6 Å². The Morgan fingerprint density at radius 2 is 1.38 bits per heavy atom. The summed E-state index contributed by atoms with van der Waals surface area (Å²) in [6, 6.07) is 0. The van der Waals surface area contributed by atoms with Gasteiger partial charge in [0, 0.05) is 0 Å². The minimum absolute atomic E-state index is 0.157. The fourth-order valence-electron chi connectivity index (χ4n) is 3.76. The van der Waals surface area contributed by atoms with Gasteiger partial charge in [-0.25, -0.2) is 0 Å². The fourth-order valence-corrected chi connectivity index (χ4v) is 3.76. The van der Waals surface area contributed by atoms with E-state index in [1.165, 1.54) is 0 Å². The summed E-state index contributed by atoms with van der Waals surface area (Å²) in [6.07, 6.45) is 1.42. The van der Waals surface area contributed by atoms with E-state index in [4.69, 9.17) is 0 Å². The van der Waals surface area contributed by atoms with E-state index < -0.39 is 29.2 Å². The van der Waals surface area contributed by atoms with Gasteiger partial charge >= 0.3 is 11.9 Å². The van der Waals surface area contributed by atoms with E-state index in [1.807, 2.05) is 48.5 Å². The first-order valence-electron chi connectivity index (χ1n) is 7.85. The lowest BCUT2D eigenvalue weighted by molar-refractivity contribution is -0.162. The van der Waals surface area contributed by atoms with Crippen LogP contribution in [-0.2, 0) is 9.59 Å². The summed E-state index contributed by atoms with van der Waals surface area (Å²) >= 11 is 0. The molecule has 0 radical (unpaired) electrons. The smallest absolute Gasteiger partial charge is 0.307 e. The summed E-state index contributed by atoms with van der Waals surface area (Å²) in [5.41, 5.74) is -0.547. The van der Waals surface area contributed by atoms with Crippen LogP contribution in [0.25, 0.3) is 0 Å². The molecule has 3 atom stereocenters. The van der Waals surface area contributed by atoms with Crippen LogP contribution in [0, 0.1) is 35.0 Å². The molecule has 3 unspecified atom stereocenters. The highest BCUT2D eigenvalue weighted by Gasteiger charge is 2.46. The molecule has 0 saturated heterocycles. The summed E-state index contributed by atoms with van der Waals surface area (Å²) in [5.74, 6) is -3.18. The molecule has 0 aliphatic rings. The summed E-state index contributed by atoms with van der Waals surface area (Å²) in [7, 11) is 0. The van der Waals surface area contributed by atoms with Crippen molar-refractivity contribution in [2.24, 2.45) is 35.0 Å². The van der Waals surface area contributed by atoms with Gasteiger partial charge in [-0.3, -0.25) is 9.59 Å². The van der Waals surface area contributed by atoms with E-state index in [9.17, 15) is 19.8 Å². The first-order chi connectivity index (χ1) is 9.40. The Labute approximate surface area is 128 Å². The average molecular weight is 300 g/mol. The van der Waals surface area contributed by atoms with E-state index in [2.05, 4.69) is 0 Å². The van der Waals surface area contributed by atoms with Gasteiger partial charge in [-0.15, -0.1) is 0 Å². The third-order valence-electron chi connectivity index (χ3n) is 4.14. The Morgan fingerprint density at radius 3 is 1.67 bits per heavy atom. The number of aliphatic carboxylic acids is 2. The van der Waals surface area contributed by atoms with Crippen molar-refractivity contribution >= 4 is 11.9 Å². The van der Waals surface area contributed by atoms with Crippen LogP contribution >= 0.6 is 0 Å². The quantitative estimate of drug-likeness (QED) is 0.671. The molecular weight excluding hydrogens is 268 g/mol. The van der Waals surface area contributed by atoms with Gasteiger partial charge in [0.25, 0.3) is 0 Å². The highest BCUT2D eigenvalue weighted by Crippen LogP contribution is 2.42. The van der Waals surface area contributed by atoms with Crippen molar-refractivity contribution in [2.75, 3.05) is 0 Å². The molecule has 124 valence electrons.